The summed E-state index contributed by atoms with van der Waals surface area (Å²) in [6.07, 6.45) is -1.03. The van der Waals surface area contributed by atoms with Gasteiger partial charge in [0.15, 0.2) is 5.60 Å². The first-order valence-corrected chi connectivity index (χ1v) is 11.3. The number of aliphatic hydroxyl groups excluding tert-OH is 2. The number of aliphatic hydroxyl groups is 2. The zero-order valence-electron chi connectivity index (χ0n) is 18.7. The fourth-order valence-corrected chi connectivity index (χ4v) is 4.21. The Hall–Kier alpha value is -2.08. The largest absolute Gasteiger partial charge is 0.512 e. The highest BCUT2D eigenvalue weighted by atomic mass is 35.5. The summed E-state index contributed by atoms with van der Waals surface area (Å²) >= 11 is 12.2. The minimum atomic E-state index is -1.58. The first-order chi connectivity index (χ1) is 15.2. The van der Waals surface area contributed by atoms with Crippen LogP contribution in [0.4, 0.5) is 0 Å². The van der Waals surface area contributed by atoms with E-state index < -0.39 is 70.3 Å². The van der Waals surface area contributed by atoms with Gasteiger partial charge in [-0.3, -0.25) is 14.4 Å². The van der Waals surface area contributed by atoms with E-state index >= 15 is 0 Å². The minimum Gasteiger partial charge on any atom is -0.512 e. The van der Waals surface area contributed by atoms with Crippen LogP contribution in [0, 0.1) is 5.92 Å². The lowest BCUT2D eigenvalue weighted by atomic mass is 9.72. The van der Waals surface area contributed by atoms with Gasteiger partial charge < -0.3 is 36.6 Å². The first kappa shape index (κ1) is 27.2. The van der Waals surface area contributed by atoms with Gasteiger partial charge in [0, 0.05) is 12.3 Å². The topological polar surface area (TPSA) is 180 Å². The predicted molar refractivity (Wildman–Crippen MR) is 119 cm³/mol. The molecule has 1 aliphatic carbocycles. The SMILES string of the molecule is C[C@H](N)C(=O)N[C@@H](C)C(=O)N[C@@H](C)C(=O)N[C@@H]1C2C[C@H](O)CC(O)=C2C(=O)O[C@]1(C)C(Cl)Cl. The van der Waals surface area contributed by atoms with E-state index in [1.807, 2.05) is 0 Å². The molecule has 0 bridgehead atoms. The Labute approximate surface area is 201 Å². The van der Waals surface area contributed by atoms with Gasteiger partial charge in [0.05, 0.1) is 23.8 Å². The van der Waals surface area contributed by atoms with Gasteiger partial charge in [-0.05, 0) is 34.1 Å². The lowest BCUT2D eigenvalue weighted by Crippen LogP contribution is -2.66. The second-order valence-electron chi connectivity index (χ2n) is 8.67. The van der Waals surface area contributed by atoms with Gasteiger partial charge in [-0.25, -0.2) is 4.79 Å². The number of amides is 3. The number of halogens is 2. The summed E-state index contributed by atoms with van der Waals surface area (Å²) in [5, 5.41) is 28.0. The van der Waals surface area contributed by atoms with E-state index in [1.54, 1.807) is 0 Å². The number of carbonyl (C=O) groups excluding carboxylic acids is 4. The summed E-state index contributed by atoms with van der Waals surface area (Å²) in [5.41, 5.74) is 3.83. The van der Waals surface area contributed by atoms with Crippen molar-refractivity contribution in [2.24, 2.45) is 11.7 Å². The van der Waals surface area contributed by atoms with Crippen LogP contribution in [0.15, 0.2) is 11.3 Å². The number of fused-ring (bicyclic) bond motifs is 1. The average molecular weight is 509 g/mol. The molecule has 11 nitrogen and oxygen atoms in total. The molecule has 7 atom stereocenters. The van der Waals surface area contributed by atoms with E-state index in [0.29, 0.717) is 0 Å². The van der Waals surface area contributed by atoms with Crippen LogP contribution in [-0.2, 0) is 23.9 Å². The maximum Gasteiger partial charge on any atom is 0.338 e. The van der Waals surface area contributed by atoms with E-state index in [1.165, 1.54) is 27.7 Å². The molecular formula is C20H30Cl2N4O7. The van der Waals surface area contributed by atoms with E-state index in [0.717, 1.165) is 0 Å². The van der Waals surface area contributed by atoms with Gasteiger partial charge >= 0.3 is 5.97 Å². The third-order valence-corrected chi connectivity index (χ3v) is 6.70. The molecule has 0 aromatic rings. The molecule has 0 saturated carbocycles. The number of esters is 1. The summed E-state index contributed by atoms with van der Waals surface area (Å²) in [4.78, 5) is 48.3. The Bertz CT molecular complexity index is 850. The average Bonchev–Trinajstić information content (AvgIpc) is 2.69. The minimum absolute atomic E-state index is 0.0522. The molecule has 33 heavy (non-hydrogen) atoms. The van der Waals surface area contributed by atoms with Crippen LogP contribution in [0.5, 0.6) is 0 Å². The van der Waals surface area contributed by atoms with Crippen LogP contribution in [0.2, 0.25) is 0 Å². The number of nitrogens with one attached hydrogen (secondary N) is 3. The number of rotatable bonds is 7. The maximum absolute atomic E-state index is 12.9. The lowest BCUT2D eigenvalue weighted by molar-refractivity contribution is -0.167. The number of alkyl halides is 2. The molecule has 2 aliphatic rings. The maximum atomic E-state index is 12.9. The molecule has 2 rings (SSSR count). The third-order valence-electron chi connectivity index (χ3n) is 5.84. The van der Waals surface area contributed by atoms with Gasteiger partial charge in [-0.2, -0.15) is 0 Å². The van der Waals surface area contributed by atoms with Crippen molar-refractivity contribution in [3.63, 3.8) is 0 Å². The number of nitrogens with two attached hydrogens (primary N) is 1. The Balaban J connectivity index is 2.20. The van der Waals surface area contributed by atoms with Crippen LogP contribution >= 0.6 is 23.2 Å². The van der Waals surface area contributed by atoms with Crippen molar-refractivity contribution >= 4 is 46.9 Å². The summed E-state index contributed by atoms with van der Waals surface area (Å²) in [6, 6.07) is -3.83. The van der Waals surface area contributed by atoms with Crippen molar-refractivity contribution in [2.45, 2.75) is 81.2 Å². The summed E-state index contributed by atoms with van der Waals surface area (Å²) in [7, 11) is 0. The van der Waals surface area contributed by atoms with Gasteiger partial charge in [0.1, 0.15) is 22.7 Å². The van der Waals surface area contributed by atoms with E-state index in [4.69, 9.17) is 33.7 Å². The zero-order chi connectivity index (χ0) is 25.2. The fraction of sp³-hybridized carbons (Fsp3) is 0.700. The van der Waals surface area contributed by atoms with Crippen molar-refractivity contribution < 1.29 is 34.1 Å². The quantitative estimate of drug-likeness (QED) is 0.197. The van der Waals surface area contributed by atoms with Gasteiger partial charge in [-0.15, -0.1) is 23.2 Å². The Morgan fingerprint density at radius 2 is 1.67 bits per heavy atom. The molecule has 0 aromatic heterocycles. The highest BCUT2D eigenvalue weighted by Gasteiger charge is 2.56. The van der Waals surface area contributed by atoms with Crippen molar-refractivity contribution in [1.29, 1.82) is 0 Å². The molecule has 1 saturated heterocycles. The zero-order valence-corrected chi connectivity index (χ0v) is 20.2. The highest BCUT2D eigenvalue weighted by molar-refractivity contribution is 6.45. The Morgan fingerprint density at radius 3 is 2.21 bits per heavy atom. The number of hydrogen-bond acceptors (Lipinski definition) is 8. The number of cyclic esters (lactones) is 1. The molecule has 0 radical (unpaired) electrons. The summed E-state index contributed by atoms with van der Waals surface area (Å²) in [5.74, 6) is -3.79. The van der Waals surface area contributed by atoms with Crippen LogP contribution in [0.25, 0.3) is 0 Å². The third kappa shape index (κ3) is 5.89. The second-order valence-corrected chi connectivity index (χ2v) is 9.77. The lowest BCUT2D eigenvalue weighted by Gasteiger charge is -2.48. The molecule has 0 aromatic carbocycles. The van der Waals surface area contributed by atoms with E-state index in [9.17, 15) is 29.4 Å². The van der Waals surface area contributed by atoms with Crippen molar-refractivity contribution in [3.8, 4) is 0 Å². The van der Waals surface area contributed by atoms with Crippen LogP contribution in [-0.4, -0.2) is 74.6 Å². The molecule has 1 fully saturated rings. The van der Waals surface area contributed by atoms with Crippen molar-refractivity contribution in [2.75, 3.05) is 0 Å². The molecular weight excluding hydrogens is 479 g/mol. The molecule has 13 heteroatoms. The monoisotopic (exact) mass is 508 g/mol. The molecule has 3 amide bonds. The predicted octanol–water partition coefficient (Wildman–Crippen LogP) is -0.470. The van der Waals surface area contributed by atoms with Gasteiger partial charge in [0.2, 0.25) is 17.7 Å². The number of ether oxygens (including phenoxy) is 1. The molecule has 7 N–H and O–H groups in total. The van der Waals surface area contributed by atoms with Crippen LogP contribution in [0.3, 0.4) is 0 Å². The molecule has 1 heterocycles. The number of hydrogen-bond donors (Lipinski definition) is 6. The molecule has 1 aliphatic heterocycles. The van der Waals surface area contributed by atoms with Crippen molar-refractivity contribution in [1.82, 2.24) is 16.0 Å². The molecule has 186 valence electrons. The normalized spacial score (nSPS) is 30.0. The van der Waals surface area contributed by atoms with E-state index in [2.05, 4.69) is 16.0 Å². The smallest absolute Gasteiger partial charge is 0.338 e. The highest BCUT2D eigenvalue weighted by Crippen LogP contribution is 2.44. The second kappa shape index (κ2) is 10.5. The van der Waals surface area contributed by atoms with E-state index in [-0.39, 0.29) is 24.2 Å². The fourth-order valence-electron chi connectivity index (χ4n) is 3.85. The van der Waals surface area contributed by atoms with Crippen LogP contribution < -0.4 is 21.7 Å². The standard InChI is InChI=1S/C20H30Cl2N4O7/c1-7(23)15(29)24-8(2)16(30)25-9(3)17(31)26-14-11-5-10(27)6-12(28)13(11)18(32)33-20(14,4)19(21)22/h7-11,14,19,27-28H,5-6,23H2,1-4H3,(H,24,29)(H,25,30)(H,26,31)/t7-,8-,9-,10-,11?,14+,20-/m0/s1. The Morgan fingerprint density at radius 1 is 1.12 bits per heavy atom. The molecule has 0 spiro atoms. The van der Waals surface area contributed by atoms with Crippen molar-refractivity contribution in [3.05, 3.63) is 11.3 Å². The Kier molecular flexibility index (Phi) is 8.61. The van der Waals surface area contributed by atoms with Gasteiger partial charge in [-0.1, -0.05) is 0 Å². The first-order valence-electron chi connectivity index (χ1n) is 10.5. The summed E-state index contributed by atoms with van der Waals surface area (Å²) in [6.45, 7) is 5.76. The van der Waals surface area contributed by atoms with Gasteiger partial charge in [0.25, 0.3) is 0 Å². The molecule has 1 unspecified atom stereocenters. The van der Waals surface area contributed by atoms with Crippen LogP contribution in [0.1, 0.15) is 40.5 Å². The number of carbonyl (C=O) groups is 4. The summed E-state index contributed by atoms with van der Waals surface area (Å²) < 4.78 is 5.43.